The number of ether oxygens (including phenoxy) is 1. The van der Waals surface area contributed by atoms with E-state index in [2.05, 4.69) is 34.4 Å². The molecule has 6 nitrogen and oxygen atoms in total. The molecule has 1 aromatic heterocycles. The van der Waals surface area contributed by atoms with Gasteiger partial charge in [-0.15, -0.1) is 0 Å². The van der Waals surface area contributed by atoms with Crippen LogP contribution >= 0.6 is 0 Å². The molecule has 0 bridgehead atoms. The fourth-order valence-electron chi connectivity index (χ4n) is 2.93. The van der Waals surface area contributed by atoms with Crippen LogP contribution < -0.4 is 15.5 Å². The first kappa shape index (κ1) is 19.5. The Hall–Kier alpha value is -1.82. The third-order valence-electron chi connectivity index (χ3n) is 4.22. The Balaban J connectivity index is 1.68. The number of rotatable bonds is 7. The summed E-state index contributed by atoms with van der Waals surface area (Å²) in [4.78, 5) is 19.0. The van der Waals surface area contributed by atoms with E-state index in [-0.39, 0.29) is 18.1 Å². The van der Waals surface area contributed by atoms with E-state index in [9.17, 15) is 4.79 Å². The first-order valence-corrected chi connectivity index (χ1v) is 9.27. The van der Waals surface area contributed by atoms with Crippen LogP contribution in [0.25, 0.3) is 0 Å². The summed E-state index contributed by atoms with van der Waals surface area (Å²) in [6, 6.07) is 6.21. The summed E-state index contributed by atoms with van der Waals surface area (Å²) in [6.45, 7) is 11.3. The number of anilines is 1. The first-order valence-electron chi connectivity index (χ1n) is 9.27. The number of carbonyl (C=O) groups excluding carboxylic acids is 1. The average Bonchev–Trinajstić information content (AvgIpc) is 2.55. The minimum Gasteiger partial charge on any atom is -0.379 e. The molecule has 0 aliphatic carbocycles. The van der Waals surface area contributed by atoms with Crippen molar-refractivity contribution in [3.05, 3.63) is 23.9 Å². The molecule has 1 aliphatic rings. The predicted molar refractivity (Wildman–Crippen MR) is 101 cm³/mol. The maximum Gasteiger partial charge on any atom is 0.315 e. The Bertz CT molecular complexity index is 542. The second-order valence-corrected chi connectivity index (χ2v) is 7.35. The zero-order valence-corrected chi connectivity index (χ0v) is 15.9. The lowest BCUT2D eigenvalue weighted by Crippen LogP contribution is -2.50. The van der Waals surface area contributed by atoms with Gasteiger partial charge in [-0.1, -0.05) is 19.9 Å². The molecule has 0 saturated carbocycles. The lowest BCUT2D eigenvalue weighted by molar-refractivity contribution is 0.0952. The van der Waals surface area contributed by atoms with Gasteiger partial charge in [-0.2, -0.15) is 0 Å². The van der Waals surface area contributed by atoms with Crippen molar-refractivity contribution in [1.82, 2.24) is 15.6 Å². The van der Waals surface area contributed by atoms with Gasteiger partial charge in [0.2, 0.25) is 0 Å². The highest BCUT2D eigenvalue weighted by atomic mass is 16.5. The molecule has 2 N–H and O–H groups in total. The maximum atomic E-state index is 12.1. The number of nitrogens with zero attached hydrogens (tertiary/aromatic N) is 2. The van der Waals surface area contributed by atoms with Gasteiger partial charge in [0.05, 0.1) is 12.6 Å². The molecule has 0 aromatic carbocycles. The van der Waals surface area contributed by atoms with Crippen molar-refractivity contribution in [3.63, 3.8) is 0 Å². The molecule has 2 amide bonds. The van der Waals surface area contributed by atoms with Crippen LogP contribution in [-0.2, 0) is 4.74 Å². The standard InChI is InChI=1S/C19H32N4O2/c1-14(2)12-25-13-16(4)21-19(24)22-17-8-10-23(11-9-17)18-7-5-6-15(3)20-18/h5-7,14,16-17H,8-13H2,1-4H3,(H2,21,22,24)/t16-/m1/s1. The number of aryl methyl sites for hydroxylation is 1. The van der Waals surface area contributed by atoms with Crippen LogP contribution in [-0.4, -0.2) is 49.4 Å². The Morgan fingerprint density at radius 3 is 2.64 bits per heavy atom. The predicted octanol–water partition coefficient (Wildman–Crippen LogP) is 2.72. The summed E-state index contributed by atoms with van der Waals surface area (Å²) in [6.07, 6.45) is 1.86. The summed E-state index contributed by atoms with van der Waals surface area (Å²) >= 11 is 0. The van der Waals surface area contributed by atoms with Crippen molar-refractivity contribution in [1.29, 1.82) is 0 Å². The van der Waals surface area contributed by atoms with Crippen molar-refractivity contribution >= 4 is 11.8 Å². The van der Waals surface area contributed by atoms with E-state index in [0.29, 0.717) is 12.5 Å². The minimum absolute atomic E-state index is 0.00957. The summed E-state index contributed by atoms with van der Waals surface area (Å²) < 4.78 is 5.56. The number of carbonyl (C=O) groups is 1. The number of nitrogens with one attached hydrogen (secondary N) is 2. The van der Waals surface area contributed by atoms with Crippen molar-refractivity contribution < 1.29 is 9.53 Å². The Morgan fingerprint density at radius 1 is 1.28 bits per heavy atom. The van der Waals surface area contributed by atoms with Gasteiger partial charge in [-0.05, 0) is 44.7 Å². The zero-order valence-electron chi connectivity index (χ0n) is 15.9. The van der Waals surface area contributed by atoms with Crippen molar-refractivity contribution in [2.24, 2.45) is 5.92 Å². The molecule has 6 heteroatoms. The van der Waals surface area contributed by atoms with Gasteiger partial charge < -0.3 is 20.3 Å². The summed E-state index contributed by atoms with van der Waals surface area (Å²) in [5.74, 6) is 1.54. The molecule has 1 aliphatic heterocycles. The molecule has 0 unspecified atom stereocenters. The Morgan fingerprint density at radius 2 is 2.00 bits per heavy atom. The molecule has 25 heavy (non-hydrogen) atoms. The van der Waals surface area contributed by atoms with Crippen LogP contribution in [0.3, 0.4) is 0 Å². The Kier molecular flexibility index (Phi) is 7.50. The van der Waals surface area contributed by atoms with Gasteiger partial charge >= 0.3 is 6.03 Å². The lowest BCUT2D eigenvalue weighted by atomic mass is 10.1. The highest BCUT2D eigenvalue weighted by molar-refractivity contribution is 5.74. The average molecular weight is 348 g/mol. The smallest absolute Gasteiger partial charge is 0.315 e. The molecule has 1 fully saturated rings. The maximum absolute atomic E-state index is 12.1. The van der Waals surface area contributed by atoms with E-state index >= 15 is 0 Å². The quantitative estimate of drug-likeness (QED) is 0.795. The molecule has 1 atom stereocenters. The van der Waals surface area contributed by atoms with Crippen LogP contribution in [0.15, 0.2) is 18.2 Å². The zero-order chi connectivity index (χ0) is 18.2. The summed E-state index contributed by atoms with van der Waals surface area (Å²) in [7, 11) is 0. The third kappa shape index (κ3) is 6.90. The van der Waals surface area contributed by atoms with E-state index in [1.165, 1.54) is 0 Å². The topological polar surface area (TPSA) is 66.5 Å². The van der Waals surface area contributed by atoms with Gasteiger partial charge in [0, 0.05) is 31.4 Å². The van der Waals surface area contributed by atoms with Crippen molar-refractivity contribution in [2.75, 3.05) is 31.2 Å². The Labute approximate surface area is 151 Å². The molecule has 0 spiro atoms. The van der Waals surface area contributed by atoms with Crippen LogP contribution in [0.4, 0.5) is 10.6 Å². The fourth-order valence-corrected chi connectivity index (χ4v) is 2.93. The van der Waals surface area contributed by atoms with Crippen LogP contribution in [0.2, 0.25) is 0 Å². The van der Waals surface area contributed by atoms with Gasteiger partial charge in [0.25, 0.3) is 0 Å². The number of hydrogen-bond acceptors (Lipinski definition) is 4. The lowest BCUT2D eigenvalue weighted by Gasteiger charge is -2.33. The number of amides is 2. The molecule has 1 aromatic rings. The van der Waals surface area contributed by atoms with Crippen molar-refractivity contribution in [3.8, 4) is 0 Å². The molecular weight excluding hydrogens is 316 g/mol. The molecule has 140 valence electrons. The molecule has 2 heterocycles. The van der Waals surface area contributed by atoms with Crippen LogP contribution in [0, 0.1) is 12.8 Å². The van der Waals surface area contributed by atoms with Crippen LogP contribution in [0.1, 0.15) is 39.3 Å². The number of piperidine rings is 1. The van der Waals surface area contributed by atoms with Crippen molar-refractivity contribution in [2.45, 2.75) is 52.6 Å². The highest BCUT2D eigenvalue weighted by Crippen LogP contribution is 2.18. The molecule has 1 saturated heterocycles. The van der Waals surface area contributed by atoms with Gasteiger partial charge in [-0.3, -0.25) is 0 Å². The highest BCUT2D eigenvalue weighted by Gasteiger charge is 2.22. The first-order chi connectivity index (χ1) is 11.9. The van der Waals surface area contributed by atoms with E-state index in [1.54, 1.807) is 0 Å². The molecule has 0 radical (unpaired) electrons. The normalized spacial score (nSPS) is 16.8. The van der Waals surface area contributed by atoms with E-state index < -0.39 is 0 Å². The second-order valence-electron chi connectivity index (χ2n) is 7.35. The minimum atomic E-state index is -0.104. The van der Waals surface area contributed by atoms with Crippen LogP contribution in [0.5, 0.6) is 0 Å². The number of hydrogen-bond donors (Lipinski definition) is 2. The second kappa shape index (κ2) is 9.61. The van der Waals surface area contributed by atoms with Gasteiger partial charge in [-0.25, -0.2) is 9.78 Å². The summed E-state index contributed by atoms with van der Waals surface area (Å²) in [5, 5.41) is 6.03. The summed E-state index contributed by atoms with van der Waals surface area (Å²) in [5.41, 5.74) is 1.03. The number of pyridine rings is 1. The number of urea groups is 1. The monoisotopic (exact) mass is 348 g/mol. The fraction of sp³-hybridized carbons (Fsp3) is 0.684. The molecule has 2 rings (SSSR count). The largest absolute Gasteiger partial charge is 0.379 e. The van der Waals surface area contributed by atoms with E-state index in [4.69, 9.17) is 4.74 Å². The third-order valence-corrected chi connectivity index (χ3v) is 4.22. The van der Waals surface area contributed by atoms with Gasteiger partial charge in [0.15, 0.2) is 0 Å². The van der Waals surface area contributed by atoms with Gasteiger partial charge in [0.1, 0.15) is 5.82 Å². The SMILES string of the molecule is Cc1cccc(N2CCC(NC(=O)N[C@H](C)COCC(C)C)CC2)n1. The van der Waals surface area contributed by atoms with E-state index in [1.807, 2.05) is 32.0 Å². The van der Waals surface area contributed by atoms with E-state index in [0.717, 1.165) is 44.0 Å². The number of aromatic nitrogens is 1. The molecular formula is C19H32N4O2.